The van der Waals surface area contributed by atoms with Crippen molar-refractivity contribution in [3.63, 3.8) is 0 Å². The average molecular weight is 233 g/mol. The molecule has 0 saturated heterocycles. The van der Waals surface area contributed by atoms with Crippen molar-refractivity contribution in [2.24, 2.45) is 0 Å². The van der Waals surface area contributed by atoms with E-state index in [0.717, 1.165) is 0 Å². The molecular weight excluding hydrogens is 214 g/mol. The largest absolute Gasteiger partial charge is 0.416 e. The molecule has 0 heterocycles. The van der Waals surface area contributed by atoms with Crippen molar-refractivity contribution in [2.45, 2.75) is 20.8 Å². The first kappa shape index (κ1) is 15.0. The fourth-order valence-corrected chi connectivity index (χ4v) is 0.937. The summed E-state index contributed by atoms with van der Waals surface area (Å²) in [7, 11) is 0. The predicted octanol–water partition coefficient (Wildman–Crippen LogP) is 3.84. The Morgan fingerprint density at radius 1 is 1.29 bits per heavy atom. The number of rotatable bonds is 5. The molecule has 17 heavy (non-hydrogen) atoms. The topological polar surface area (TPSA) is 38.3 Å². The van der Waals surface area contributed by atoms with Crippen LogP contribution in [0.15, 0.2) is 60.6 Å². The van der Waals surface area contributed by atoms with Crippen LogP contribution in [0.25, 0.3) is 0 Å². The molecule has 0 aliphatic heterocycles. The number of hydrogen-bond donors (Lipinski definition) is 1. The predicted molar refractivity (Wildman–Crippen MR) is 71.3 cm³/mol. The molecule has 0 atom stereocenters. The molecule has 1 N–H and O–H groups in total. The zero-order valence-electron chi connectivity index (χ0n) is 10.6. The van der Waals surface area contributed by atoms with Crippen molar-refractivity contribution in [3.8, 4) is 0 Å². The highest BCUT2D eigenvalue weighted by molar-refractivity contribution is 5.71. The van der Waals surface area contributed by atoms with Gasteiger partial charge >= 0.3 is 6.09 Å². The highest BCUT2D eigenvalue weighted by Crippen LogP contribution is 1.99. The number of ether oxygens (including phenoxy) is 1. The van der Waals surface area contributed by atoms with Crippen LogP contribution in [0.1, 0.15) is 20.8 Å². The Hall–Kier alpha value is -2.03. The molecule has 3 heteroatoms. The third-order valence-corrected chi connectivity index (χ3v) is 1.75. The van der Waals surface area contributed by atoms with E-state index in [-0.39, 0.29) is 0 Å². The highest BCUT2D eigenvalue weighted by atomic mass is 16.6. The molecule has 0 bridgehead atoms. The molecule has 3 nitrogen and oxygen atoms in total. The maximum absolute atomic E-state index is 11.5. The number of carbonyl (C=O) groups is 1. The lowest BCUT2D eigenvalue weighted by molar-refractivity contribution is 0.179. The maximum Gasteiger partial charge on any atom is 0.416 e. The number of amides is 1. The fourth-order valence-electron chi connectivity index (χ4n) is 0.937. The van der Waals surface area contributed by atoms with E-state index >= 15 is 0 Å². The van der Waals surface area contributed by atoms with Crippen molar-refractivity contribution in [1.82, 2.24) is 5.32 Å². The van der Waals surface area contributed by atoms with E-state index in [0.29, 0.717) is 11.5 Å². The first-order valence-corrected chi connectivity index (χ1v) is 5.37. The van der Waals surface area contributed by atoms with Crippen LogP contribution in [-0.2, 0) is 4.74 Å². The molecule has 0 saturated carbocycles. The van der Waals surface area contributed by atoms with Crippen LogP contribution in [-0.4, -0.2) is 6.09 Å². The zero-order chi connectivity index (χ0) is 13.1. The smallest absolute Gasteiger partial charge is 0.415 e. The molecule has 0 spiro atoms. The monoisotopic (exact) mass is 233 g/mol. The van der Waals surface area contributed by atoms with Gasteiger partial charge in [-0.15, -0.1) is 0 Å². The van der Waals surface area contributed by atoms with Gasteiger partial charge in [-0.1, -0.05) is 37.0 Å². The Balaban J connectivity index is 4.35. The molecule has 0 radical (unpaired) electrons. The summed E-state index contributed by atoms with van der Waals surface area (Å²) in [6, 6.07) is 0. The standard InChI is InChI=1S/C14H19NO2/c1-5-8-10-12(4)17-14(16)15-13(7-3)11-9-6-2/h5-11H,2H2,1,3-4H3,(H,15,16)/b8-5-,11-9-,12-10+,13-7+. The van der Waals surface area contributed by atoms with Crippen LogP contribution in [0.4, 0.5) is 4.79 Å². The minimum Gasteiger partial charge on any atom is -0.415 e. The summed E-state index contributed by atoms with van der Waals surface area (Å²) < 4.78 is 5.02. The second-order valence-electron chi connectivity index (χ2n) is 3.16. The zero-order valence-corrected chi connectivity index (χ0v) is 10.6. The maximum atomic E-state index is 11.5. The van der Waals surface area contributed by atoms with E-state index in [1.165, 1.54) is 0 Å². The van der Waals surface area contributed by atoms with Crippen molar-refractivity contribution < 1.29 is 9.53 Å². The van der Waals surface area contributed by atoms with Crippen LogP contribution in [0.5, 0.6) is 0 Å². The summed E-state index contributed by atoms with van der Waals surface area (Å²) in [6.07, 6.45) is 11.7. The van der Waals surface area contributed by atoms with Crippen molar-refractivity contribution in [3.05, 3.63) is 60.6 Å². The lowest BCUT2D eigenvalue weighted by atomic mass is 10.3. The molecule has 0 rings (SSSR count). The quantitative estimate of drug-likeness (QED) is 0.578. The lowest BCUT2D eigenvalue weighted by Gasteiger charge is -2.06. The summed E-state index contributed by atoms with van der Waals surface area (Å²) in [5.74, 6) is 0.531. The SMILES string of the molecule is C=C/C=C\C(=C/C)NC(=O)O/C(C)=C/C=C\C. The fraction of sp³-hybridized carbons (Fsp3) is 0.214. The van der Waals surface area contributed by atoms with Gasteiger partial charge in [-0.3, -0.25) is 5.32 Å². The van der Waals surface area contributed by atoms with Gasteiger partial charge in [-0.25, -0.2) is 4.79 Å². The van der Waals surface area contributed by atoms with Gasteiger partial charge in [0.1, 0.15) is 5.76 Å². The Morgan fingerprint density at radius 2 is 2.00 bits per heavy atom. The van der Waals surface area contributed by atoms with Gasteiger partial charge in [-0.2, -0.15) is 0 Å². The molecule has 1 amide bonds. The minimum atomic E-state index is -0.509. The Kier molecular flexibility index (Phi) is 8.11. The van der Waals surface area contributed by atoms with Gasteiger partial charge in [0.25, 0.3) is 0 Å². The van der Waals surface area contributed by atoms with Gasteiger partial charge in [-0.05, 0) is 32.9 Å². The van der Waals surface area contributed by atoms with Gasteiger partial charge in [0.05, 0.1) is 0 Å². The molecule has 0 aromatic rings. The van der Waals surface area contributed by atoms with Crippen LogP contribution in [0.3, 0.4) is 0 Å². The average Bonchev–Trinajstić information content (AvgIpc) is 2.31. The highest BCUT2D eigenvalue weighted by Gasteiger charge is 2.03. The summed E-state index contributed by atoms with van der Waals surface area (Å²) in [5, 5.41) is 2.61. The third-order valence-electron chi connectivity index (χ3n) is 1.75. The normalized spacial score (nSPS) is 13.1. The van der Waals surface area contributed by atoms with E-state index in [2.05, 4.69) is 11.9 Å². The molecule has 92 valence electrons. The molecule has 0 aromatic carbocycles. The Labute approximate surface area is 103 Å². The van der Waals surface area contributed by atoms with Crippen molar-refractivity contribution in [2.75, 3.05) is 0 Å². The molecule has 0 unspecified atom stereocenters. The molecule has 0 aromatic heterocycles. The molecular formula is C14H19NO2. The van der Waals surface area contributed by atoms with Crippen LogP contribution >= 0.6 is 0 Å². The van der Waals surface area contributed by atoms with Gasteiger partial charge in [0.2, 0.25) is 0 Å². The second-order valence-corrected chi connectivity index (χ2v) is 3.16. The van der Waals surface area contributed by atoms with E-state index in [1.54, 1.807) is 43.4 Å². The number of carbonyl (C=O) groups excluding carboxylic acids is 1. The minimum absolute atomic E-state index is 0.509. The van der Waals surface area contributed by atoms with Gasteiger partial charge in [0, 0.05) is 5.70 Å². The molecule has 0 aliphatic rings. The van der Waals surface area contributed by atoms with Crippen LogP contribution < -0.4 is 5.32 Å². The van der Waals surface area contributed by atoms with Crippen molar-refractivity contribution in [1.29, 1.82) is 0 Å². The van der Waals surface area contributed by atoms with Crippen LogP contribution in [0, 0.1) is 0 Å². The van der Waals surface area contributed by atoms with E-state index in [1.807, 2.05) is 19.9 Å². The van der Waals surface area contributed by atoms with E-state index < -0.39 is 6.09 Å². The summed E-state index contributed by atoms with van der Waals surface area (Å²) >= 11 is 0. The number of allylic oxidation sites excluding steroid dienone is 8. The molecule has 0 aliphatic carbocycles. The van der Waals surface area contributed by atoms with E-state index in [4.69, 9.17) is 4.74 Å². The Bertz CT molecular complexity index is 374. The van der Waals surface area contributed by atoms with Gasteiger partial charge < -0.3 is 4.74 Å². The second kappa shape index (κ2) is 9.21. The summed E-state index contributed by atoms with van der Waals surface area (Å²) in [5.41, 5.74) is 0.661. The Morgan fingerprint density at radius 3 is 2.53 bits per heavy atom. The van der Waals surface area contributed by atoms with Gasteiger partial charge in [0.15, 0.2) is 0 Å². The number of nitrogens with one attached hydrogen (secondary N) is 1. The molecule has 0 fully saturated rings. The first-order valence-electron chi connectivity index (χ1n) is 5.37. The number of alkyl carbamates (subject to hydrolysis) is 1. The summed E-state index contributed by atoms with van der Waals surface area (Å²) in [4.78, 5) is 11.5. The summed E-state index contributed by atoms with van der Waals surface area (Å²) in [6.45, 7) is 8.99. The third kappa shape index (κ3) is 7.85. The first-order chi connectivity index (χ1) is 8.13. The lowest BCUT2D eigenvalue weighted by Crippen LogP contribution is -2.22. The van der Waals surface area contributed by atoms with Crippen molar-refractivity contribution >= 4 is 6.09 Å². The van der Waals surface area contributed by atoms with E-state index in [9.17, 15) is 4.79 Å². The number of hydrogen-bond acceptors (Lipinski definition) is 2. The van der Waals surface area contributed by atoms with Crippen LogP contribution in [0.2, 0.25) is 0 Å².